The van der Waals surface area contributed by atoms with E-state index >= 15 is 0 Å². The number of rotatable bonds is 10. The van der Waals surface area contributed by atoms with E-state index in [1.54, 1.807) is 38.3 Å². The molecule has 0 radical (unpaired) electrons. The molecule has 12 heteroatoms. The topological polar surface area (TPSA) is 121 Å². The number of nitrogens with one attached hydrogen (secondary N) is 1. The van der Waals surface area contributed by atoms with E-state index in [0.29, 0.717) is 22.5 Å². The number of aromatic nitrogens is 3. The summed E-state index contributed by atoms with van der Waals surface area (Å²) < 4.78 is 26.8. The monoisotopic (exact) mass is 537 g/mol. The van der Waals surface area contributed by atoms with Crippen LogP contribution >= 0.6 is 11.8 Å². The Morgan fingerprint density at radius 1 is 1.05 bits per heavy atom. The minimum Gasteiger partial charge on any atom is -0.497 e. The lowest BCUT2D eigenvalue weighted by molar-refractivity contribution is -0.387. The molecule has 0 saturated carbocycles. The lowest BCUT2D eigenvalue weighted by Gasteiger charge is -2.18. The average molecular weight is 538 g/mol. The smallest absolute Gasteiger partial charge is 0.306 e. The van der Waals surface area contributed by atoms with Gasteiger partial charge >= 0.3 is 5.69 Å². The second-order valence-corrected chi connectivity index (χ2v) is 9.43. The molecule has 196 valence electrons. The van der Waals surface area contributed by atoms with Gasteiger partial charge in [-0.15, -0.1) is 10.2 Å². The van der Waals surface area contributed by atoms with E-state index in [1.165, 1.54) is 6.07 Å². The lowest BCUT2D eigenvalue weighted by atomic mass is 10.2. The maximum atomic E-state index is 13.7. The SMILES string of the molecule is COc1ccc(OC(C)c2nnc(SC(C)C(=O)Nc3ccc(F)c([N+](=O)[O-])c3)n2-c2ccccc2)cc1. The van der Waals surface area contributed by atoms with Crippen LogP contribution in [0, 0.1) is 15.9 Å². The van der Waals surface area contributed by atoms with Crippen LogP contribution in [-0.4, -0.2) is 38.0 Å². The largest absolute Gasteiger partial charge is 0.497 e. The number of nitrogens with zero attached hydrogens (tertiary/aromatic N) is 4. The van der Waals surface area contributed by atoms with Crippen LogP contribution in [0.5, 0.6) is 11.5 Å². The van der Waals surface area contributed by atoms with Crippen molar-refractivity contribution >= 4 is 29.0 Å². The van der Waals surface area contributed by atoms with Crippen molar-refractivity contribution in [1.29, 1.82) is 0 Å². The van der Waals surface area contributed by atoms with E-state index in [9.17, 15) is 19.3 Å². The molecule has 1 aromatic heterocycles. The first-order chi connectivity index (χ1) is 18.3. The first kappa shape index (κ1) is 26.6. The quantitative estimate of drug-likeness (QED) is 0.158. The van der Waals surface area contributed by atoms with Gasteiger partial charge in [0.15, 0.2) is 17.1 Å². The molecule has 1 N–H and O–H groups in total. The fraction of sp³-hybridized carbons (Fsp3) is 0.192. The van der Waals surface area contributed by atoms with Crippen molar-refractivity contribution in [1.82, 2.24) is 14.8 Å². The fourth-order valence-corrected chi connectivity index (χ4v) is 4.41. The molecule has 0 saturated heterocycles. The van der Waals surface area contributed by atoms with Crippen molar-refractivity contribution in [2.45, 2.75) is 30.4 Å². The molecular weight excluding hydrogens is 513 g/mol. The molecule has 1 heterocycles. The first-order valence-electron chi connectivity index (χ1n) is 11.5. The van der Waals surface area contributed by atoms with Crippen molar-refractivity contribution in [3.63, 3.8) is 0 Å². The zero-order valence-corrected chi connectivity index (χ0v) is 21.5. The molecule has 10 nitrogen and oxygen atoms in total. The molecule has 0 spiro atoms. The van der Waals surface area contributed by atoms with Crippen LogP contribution in [0.25, 0.3) is 5.69 Å². The maximum absolute atomic E-state index is 13.7. The minimum absolute atomic E-state index is 0.113. The number of amides is 1. The number of nitro benzene ring substituents is 1. The zero-order chi connectivity index (χ0) is 27.2. The van der Waals surface area contributed by atoms with Gasteiger partial charge in [0.25, 0.3) is 0 Å². The summed E-state index contributed by atoms with van der Waals surface area (Å²) >= 11 is 1.15. The second-order valence-electron chi connectivity index (χ2n) is 8.12. The van der Waals surface area contributed by atoms with Crippen molar-refractivity contribution in [2.75, 3.05) is 12.4 Å². The molecule has 3 aromatic carbocycles. The van der Waals surface area contributed by atoms with Gasteiger partial charge in [-0.1, -0.05) is 30.0 Å². The van der Waals surface area contributed by atoms with Crippen LogP contribution in [0.4, 0.5) is 15.8 Å². The molecule has 4 rings (SSSR count). The zero-order valence-electron chi connectivity index (χ0n) is 20.7. The summed E-state index contributed by atoms with van der Waals surface area (Å²) in [6, 6.07) is 19.8. The van der Waals surface area contributed by atoms with Crippen LogP contribution in [-0.2, 0) is 4.79 Å². The average Bonchev–Trinajstić information content (AvgIpc) is 3.34. The summed E-state index contributed by atoms with van der Waals surface area (Å²) in [5.41, 5.74) is 0.173. The second kappa shape index (κ2) is 11.7. The van der Waals surface area contributed by atoms with E-state index in [4.69, 9.17) is 9.47 Å². The summed E-state index contributed by atoms with van der Waals surface area (Å²) in [6.45, 7) is 3.51. The van der Waals surface area contributed by atoms with Crippen molar-refractivity contribution in [2.24, 2.45) is 0 Å². The number of carbonyl (C=O) groups is 1. The van der Waals surface area contributed by atoms with E-state index in [2.05, 4.69) is 15.5 Å². The highest BCUT2D eigenvalue weighted by Gasteiger charge is 2.25. The van der Waals surface area contributed by atoms with Gasteiger partial charge in [0, 0.05) is 17.4 Å². The number of para-hydroxylation sites is 1. The number of hydrogen-bond acceptors (Lipinski definition) is 8. The molecule has 0 aliphatic rings. The van der Waals surface area contributed by atoms with Gasteiger partial charge in [-0.25, -0.2) is 0 Å². The van der Waals surface area contributed by atoms with Gasteiger partial charge in [-0.05, 0) is 62.4 Å². The number of nitro groups is 1. The van der Waals surface area contributed by atoms with Gasteiger partial charge in [-0.2, -0.15) is 4.39 Å². The molecule has 38 heavy (non-hydrogen) atoms. The van der Waals surface area contributed by atoms with Gasteiger partial charge in [0.2, 0.25) is 11.7 Å². The molecule has 0 fully saturated rings. The number of benzene rings is 3. The van der Waals surface area contributed by atoms with Crippen LogP contribution in [0.2, 0.25) is 0 Å². The Balaban J connectivity index is 1.56. The summed E-state index contributed by atoms with van der Waals surface area (Å²) in [5, 5.41) is 22.1. The molecule has 1 amide bonds. The fourth-order valence-electron chi connectivity index (χ4n) is 3.54. The highest BCUT2D eigenvalue weighted by atomic mass is 32.2. The van der Waals surface area contributed by atoms with Gasteiger partial charge in [0.05, 0.1) is 17.3 Å². The normalized spacial score (nSPS) is 12.4. The Morgan fingerprint density at radius 3 is 2.39 bits per heavy atom. The van der Waals surface area contributed by atoms with Crippen molar-refractivity contribution in [3.05, 3.63) is 94.6 Å². The van der Waals surface area contributed by atoms with E-state index < -0.39 is 33.7 Å². The number of anilines is 1. The molecule has 0 aliphatic carbocycles. The maximum Gasteiger partial charge on any atom is 0.306 e. The highest BCUT2D eigenvalue weighted by Crippen LogP contribution is 2.31. The van der Waals surface area contributed by atoms with Crippen LogP contribution in [0.15, 0.2) is 78.0 Å². The summed E-state index contributed by atoms with van der Waals surface area (Å²) in [7, 11) is 1.59. The van der Waals surface area contributed by atoms with Crippen LogP contribution < -0.4 is 14.8 Å². The van der Waals surface area contributed by atoms with Crippen molar-refractivity contribution in [3.8, 4) is 17.2 Å². The Kier molecular flexibility index (Phi) is 8.22. The van der Waals surface area contributed by atoms with Gasteiger partial charge < -0.3 is 14.8 Å². The summed E-state index contributed by atoms with van der Waals surface area (Å²) in [4.78, 5) is 23.1. The van der Waals surface area contributed by atoms with Crippen LogP contribution in [0.3, 0.4) is 0 Å². The standard InChI is InChI=1S/C26H24FN5O5S/c1-16(37-21-12-10-20(36-3)11-13-21)24-29-30-26(31(24)19-7-5-4-6-8-19)38-17(2)25(33)28-18-9-14-22(27)23(15-18)32(34)35/h4-17H,1-3H3,(H,28,33). The number of ether oxygens (including phenoxy) is 2. The first-order valence-corrected chi connectivity index (χ1v) is 12.4. The molecule has 0 bridgehead atoms. The number of hydrogen-bond donors (Lipinski definition) is 1. The Hall–Kier alpha value is -4.45. The van der Waals surface area contributed by atoms with E-state index in [0.717, 1.165) is 29.6 Å². The molecule has 0 aliphatic heterocycles. The third-order valence-electron chi connectivity index (χ3n) is 5.47. The molecule has 2 unspecified atom stereocenters. The molecule has 4 aromatic rings. The van der Waals surface area contributed by atoms with Gasteiger partial charge in [-0.3, -0.25) is 19.5 Å². The van der Waals surface area contributed by atoms with Crippen molar-refractivity contribution < 1.29 is 23.6 Å². The van der Waals surface area contributed by atoms with E-state index in [-0.39, 0.29) is 5.69 Å². The molecular formula is C26H24FN5O5S. The third-order valence-corrected chi connectivity index (χ3v) is 6.51. The van der Waals surface area contributed by atoms with Gasteiger partial charge in [0.1, 0.15) is 11.5 Å². The lowest BCUT2D eigenvalue weighted by Crippen LogP contribution is -2.23. The predicted octanol–water partition coefficient (Wildman–Crippen LogP) is 5.58. The molecule has 2 atom stereocenters. The Bertz CT molecular complexity index is 1430. The van der Waals surface area contributed by atoms with Crippen LogP contribution in [0.1, 0.15) is 25.8 Å². The Labute approximate surface area is 221 Å². The summed E-state index contributed by atoms with van der Waals surface area (Å²) in [6.07, 6.45) is -0.491. The highest BCUT2D eigenvalue weighted by molar-refractivity contribution is 8.00. The number of carbonyl (C=O) groups excluding carboxylic acids is 1. The number of methoxy groups -OCH3 is 1. The van der Waals surface area contributed by atoms with E-state index in [1.807, 2.05) is 41.8 Å². The summed E-state index contributed by atoms with van der Waals surface area (Å²) in [5.74, 6) is 0.429. The Morgan fingerprint density at radius 2 is 1.74 bits per heavy atom. The number of thioether (sulfide) groups is 1. The predicted molar refractivity (Wildman–Crippen MR) is 140 cm³/mol. The minimum atomic E-state index is -0.982. The number of halogens is 1. The third kappa shape index (κ3) is 6.09.